The van der Waals surface area contributed by atoms with E-state index in [1.807, 2.05) is 18.2 Å². The quantitative estimate of drug-likeness (QED) is 0.503. The van der Waals surface area contributed by atoms with Gasteiger partial charge in [-0.1, -0.05) is 0 Å². The van der Waals surface area contributed by atoms with E-state index in [1.54, 1.807) is 0 Å². The van der Waals surface area contributed by atoms with Crippen LogP contribution in [-0.2, 0) is 11.3 Å². The summed E-state index contributed by atoms with van der Waals surface area (Å²) >= 11 is 0. The number of hydrogen-bond donors (Lipinski definition) is 0. The van der Waals surface area contributed by atoms with Gasteiger partial charge in [0, 0.05) is 13.2 Å². The van der Waals surface area contributed by atoms with Gasteiger partial charge >= 0.3 is 23.1 Å². The maximum Gasteiger partial charge on any atom is 2.00 e. The van der Waals surface area contributed by atoms with Gasteiger partial charge < -0.3 is 21.7 Å². The Balaban J connectivity index is 0.000000845. The molecular formula is C11H13BrMgO. The molecule has 0 spiro atoms. The van der Waals surface area contributed by atoms with Gasteiger partial charge in [-0.3, -0.25) is 0 Å². The predicted octanol–water partition coefficient (Wildman–Crippen LogP) is -0.963. The molecule has 0 aliphatic heterocycles. The van der Waals surface area contributed by atoms with Crippen LogP contribution in [0.3, 0.4) is 0 Å². The molecule has 1 nitrogen and oxygen atoms in total. The van der Waals surface area contributed by atoms with Gasteiger partial charge in [0.05, 0.1) is 0 Å². The molecule has 1 aromatic carbocycles. The zero-order valence-electron chi connectivity index (χ0n) is 8.21. The molecule has 0 N–H and O–H groups in total. The van der Waals surface area contributed by atoms with Crippen LogP contribution in [0.25, 0.3) is 0 Å². The van der Waals surface area contributed by atoms with Crippen molar-refractivity contribution in [3.05, 3.63) is 35.9 Å². The first-order valence-electron chi connectivity index (χ1n) is 4.48. The van der Waals surface area contributed by atoms with Crippen molar-refractivity contribution in [2.45, 2.75) is 19.4 Å². The topological polar surface area (TPSA) is 9.23 Å². The fraction of sp³-hybridized carbons (Fsp3) is 0.455. The van der Waals surface area contributed by atoms with Crippen molar-refractivity contribution in [1.29, 1.82) is 0 Å². The normalized spacial score (nSPS) is 14.0. The Bertz CT molecular complexity index is 236. The molecule has 1 aliphatic carbocycles. The molecule has 0 heterocycles. The second-order valence-electron chi connectivity index (χ2n) is 3.37. The fourth-order valence-corrected chi connectivity index (χ4v) is 1.15. The average molecular weight is 265 g/mol. The first kappa shape index (κ1) is 14.4. The molecule has 0 bridgehead atoms. The molecule has 1 saturated carbocycles. The van der Waals surface area contributed by atoms with Gasteiger partial charge in [0.2, 0.25) is 0 Å². The Kier molecular flexibility index (Phi) is 7.92. The Morgan fingerprint density at radius 2 is 2.21 bits per heavy atom. The summed E-state index contributed by atoms with van der Waals surface area (Å²) in [5.74, 6) is 0.859. The summed E-state index contributed by atoms with van der Waals surface area (Å²) in [5.41, 5.74) is 1.22. The van der Waals surface area contributed by atoms with Gasteiger partial charge in [0.15, 0.2) is 0 Å². The van der Waals surface area contributed by atoms with Crippen LogP contribution in [0.1, 0.15) is 18.4 Å². The maximum atomic E-state index is 5.52. The van der Waals surface area contributed by atoms with E-state index >= 15 is 0 Å². The summed E-state index contributed by atoms with van der Waals surface area (Å²) in [7, 11) is 0. The summed E-state index contributed by atoms with van der Waals surface area (Å²) in [6.07, 6.45) is 2.72. The Morgan fingerprint density at radius 1 is 1.43 bits per heavy atom. The Morgan fingerprint density at radius 3 is 2.79 bits per heavy atom. The second kappa shape index (κ2) is 7.68. The van der Waals surface area contributed by atoms with Gasteiger partial charge in [-0.25, -0.2) is 0 Å². The standard InChI is InChI=1S/C11H13O.BrH.Mg/c1-2-4-10(5-3-1)8-12-9-11-6-7-11;;/h1-2,4-5,11H,6-9H2;1H;/q-1;;+2/p-1. The SMILES string of the molecule is [Br-].[Mg+2].[c-]1cccc(COCC2CC2)c1. The molecule has 3 heteroatoms. The van der Waals surface area contributed by atoms with Crippen LogP contribution in [0.15, 0.2) is 24.3 Å². The molecule has 0 radical (unpaired) electrons. The first-order chi connectivity index (χ1) is 5.95. The smallest absolute Gasteiger partial charge is 1.00 e. The van der Waals surface area contributed by atoms with Crippen LogP contribution in [0.2, 0.25) is 0 Å². The van der Waals surface area contributed by atoms with Crippen molar-refractivity contribution in [2.75, 3.05) is 6.61 Å². The minimum atomic E-state index is 0. The third-order valence-corrected chi connectivity index (χ3v) is 2.09. The van der Waals surface area contributed by atoms with Gasteiger partial charge in [-0.2, -0.15) is 30.3 Å². The van der Waals surface area contributed by atoms with Gasteiger partial charge in [-0.15, -0.1) is 5.56 Å². The van der Waals surface area contributed by atoms with Crippen molar-refractivity contribution in [2.24, 2.45) is 5.92 Å². The van der Waals surface area contributed by atoms with Crippen molar-refractivity contribution >= 4 is 23.1 Å². The summed E-state index contributed by atoms with van der Waals surface area (Å²) < 4.78 is 5.52. The van der Waals surface area contributed by atoms with E-state index < -0.39 is 0 Å². The summed E-state index contributed by atoms with van der Waals surface area (Å²) in [6.45, 7) is 1.68. The second-order valence-corrected chi connectivity index (χ2v) is 3.37. The largest absolute Gasteiger partial charge is 2.00 e. The summed E-state index contributed by atoms with van der Waals surface area (Å²) in [4.78, 5) is 0. The van der Waals surface area contributed by atoms with Crippen LogP contribution < -0.4 is 17.0 Å². The Hall–Kier alpha value is 0.426. The molecule has 1 aromatic rings. The number of benzene rings is 1. The van der Waals surface area contributed by atoms with Gasteiger partial charge in [0.25, 0.3) is 0 Å². The average Bonchev–Trinajstić information content (AvgIpc) is 2.90. The van der Waals surface area contributed by atoms with Crippen LogP contribution in [0.4, 0.5) is 0 Å². The summed E-state index contributed by atoms with van der Waals surface area (Å²) in [6, 6.07) is 11.0. The third-order valence-electron chi connectivity index (χ3n) is 2.09. The zero-order valence-corrected chi connectivity index (χ0v) is 11.2. The van der Waals surface area contributed by atoms with E-state index in [9.17, 15) is 0 Å². The monoisotopic (exact) mass is 264 g/mol. The van der Waals surface area contributed by atoms with Crippen molar-refractivity contribution in [3.63, 3.8) is 0 Å². The van der Waals surface area contributed by atoms with Crippen molar-refractivity contribution in [3.8, 4) is 0 Å². The van der Waals surface area contributed by atoms with E-state index in [4.69, 9.17) is 4.74 Å². The molecular weight excluding hydrogens is 252 g/mol. The van der Waals surface area contributed by atoms with E-state index in [1.165, 1.54) is 18.4 Å². The first-order valence-corrected chi connectivity index (χ1v) is 4.48. The van der Waals surface area contributed by atoms with E-state index in [2.05, 4.69) is 12.1 Å². The number of halogens is 1. The zero-order chi connectivity index (χ0) is 8.23. The van der Waals surface area contributed by atoms with Crippen LogP contribution in [0, 0.1) is 12.0 Å². The molecule has 1 fully saturated rings. The minimum absolute atomic E-state index is 0. The van der Waals surface area contributed by atoms with Crippen LogP contribution in [-0.4, -0.2) is 29.7 Å². The number of ether oxygens (including phenoxy) is 1. The van der Waals surface area contributed by atoms with Crippen LogP contribution in [0.5, 0.6) is 0 Å². The van der Waals surface area contributed by atoms with E-state index in [0.29, 0.717) is 0 Å². The molecule has 0 aromatic heterocycles. The molecule has 0 atom stereocenters. The summed E-state index contributed by atoms with van der Waals surface area (Å²) in [5, 5.41) is 0. The molecule has 72 valence electrons. The van der Waals surface area contributed by atoms with Gasteiger partial charge in [0.1, 0.15) is 0 Å². The predicted molar refractivity (Wildman–Crippen MR) is 53.4 cm³/mol. The number of hydrogen-bond acceptors (Lipinski definition) is 1. The molecule has 0 amide bonds. The minimum Gasteiger partial charge on any atom is -1.00 e. The van der Waals surface area contributed by atoms with Crippen LogP contribution >= 0.6 is 0 Å². The van der Waals surface area contributed by atoms with Crippen molar-refractivity contribution < 1.29 is 21.7 Å². The van der Waals surface area contributed by atoms with Gasteiger partial charge in [-0.05, 0) is 18.8 Å². The van der Waals surface area contributed by atoms with Crippen molar-refractivity contribution in [1.82, 2.24) is 0 Å². The van der Waals surface area contributed by atoms with E-state index in [0.717, 1.165) is 19.1 Å². The number of rotatable bonds is 4. The molecule has 14 heavy (non-hydrogen) atoms. The molecule has 2 rings (SSSR count). The maximum absolute atomic E-state index is 5.52. The molecule has 0 saturated heterocycles. The fourth-order valence-electron chi connectivity index (χ4n) is 1.15. The molecule has 0 unspecified atom stereocenters. The molecule has 1 aliphatic rings. The Labute approximate surface area is 112 Å². The third kappa shape index (κ3) is 5.34. The van der Waals surface area contributed by atoms with E-state index in [-0.39, 0.29) is 40.0 Å².